The van der Waals surface area contributed by atoms with E-state index in [-0.39, 0.29) is 5.41 Å². The van der Waals surface area contributed by atoms with Crippen molar-refractivity contribution in [2.75, 3.05) is 4.90 Å². The molecule has 0 saturated heterocycles. The first-order valence-corrected chi connectivity index (χ1v) is 19.8. The molecule has 1 aliphatic carbocycles. The summed E-state index contributed by atoms with van der Waals surface area (Å²) in [7, 11) is 0. The molecule has 1 heterocycles. The maximum atomic E-state index is 6.84. The topological polar surface area (TPSA) is 16.4 Å². The van der Waals surface area contributed by atoms with Crippen molar-refractivity contribution in [3.63, 3.8) is 0 Å². The van der Waals surface area contributed by atoms with Crippen LogP contribution in [-0.4, -0.2) is 0 Å². The number of furan rings is 1. The summed E-state index contributed by atoms with van der Waals surface area (Å²) in [6.45, 7) is 4.72. The molecule has 0 spiro atoms. The molecular formula is C55H39NO. The summed E-state index contributed by atoms with van der Waals surface area (Å²) >= 11 is 0. The molecule has 0 saturated carbocycles. The lowest BCUT2D eigenvalue weighted by atomic mass is 9.79. The average Bonchev–Trinajstić information content (AvgIpc) is 3.77. The number of benzene rings is 9. The highest BCUT2D eigenvalue weighted by Gasteiger charge is 2.37. The first-order valence-electron chi connectivity index (χ1n) is 19.8. The van der Waals surface area contributed by atoms with Crippen molar-refractivity contribution in [1.29, 1.82) is 0 Å². The molecule has 9 aromatic carbocycles. The maximum Gasteiger partial charge on any atom is 0.143 e. The lowest BCUT2D eigenvalue weighted by Crippen LogP contribution is -2.16. The van der Waals surface area contributed by atoms with Crippen molar-refractivity contribution in [2.24, 2.45) is 0 Å². The maximum absolute atomic E-state index is 6.84. The molecule has 0 amide bonds. The molecule has 1 aromatic heterocycles. The molecule has 2 heteroatoms. The van der Waals surface area contributed by atoms with Gasteiger partial charge in [-0.2, -0.15) is 0 Å². The molecule has 0 aliphatic heterocycles. The van der Waals surface area contributed by atoms with Gasteiger partial charge in [-0.25, -0.2) is 0 Å². The highest BCUT2D eigenvalue weighted by molar-refractivity contribution is 6.22. The SMILES string of the molecule is CC1(C)c2ccccc2-c2cccc(-c3ccc(-c4cc5c(oc6cccc(N(c7ccccc7)c7ccc(-c8ccccc8)cc7)c65)c5ccccc45)cc3)c21. The first-order chi connectivity index (χ1) is 28.0. The molecule has 0 fully saturated rings. The summed E-state index contributed by atoms with van der Waals surface area (Å²) in [6, 6.07) is 72.4. The lowest BCUT2D eigenvalue weighted by molar-refractivity contribution is 0.662. The molecule has 0 radical (unpaired) electrons. The van der Waals surface area contributed by atoms with Crippen molar-refractivity contribution in [3.8, 4) is 44.5 Å². The molecule has 11 rings (SSSR count). The Bertz CT molecular complexity index is 3120. The largest absolute Gasteiger partial charge is 0.455 e. The first kappa shape index (κ1) is 33.2. The number of anilines is 3. The summed E-state index contributed by atoms with van der Waals surface area (Å²) < 4.78 is 6.84. The average molecular weight is 730 g/mol. The Morgan fingerprint density at radius 1 is 0.404 bits per heavy atom. The van der Waals surface area contributed by atoms with Crippen LogP contribution < -0.4 is 4.90 Å². The molecule has 57 heavy (non-hydrogen) atoms. The van der Waals surface area contributed by atoms with Gasteiger partial charge >= 0.3 is 0 Å². The second-order valence-electron chi connectivity index (χ2n) is 15.7. The van der Waals surface area contributed by atoms with Gasteiger partial charge in [0.2, 0.25) is 0 Å². The number of fused-ring (bicyclic) bond motifs is 8. The Morgan fingerprint density at radius 3 is 1.74 bits per heavy atom. The minimum absolute atomic E-state index is 0.0833. The minimum atomic E-state index is -0.0833. The van der Waals surface area contributed by atoms with Crippen LogP contribution in [0.4, 0.5) is 17.1 Å². The Morgan fingerprint density at radius 2 is 0.965 bits per heavy atom. The second kappa shape index (κ2) is 13.0. The highest BCUT2D eigenvalue weighted by atomic mass is 16.3. The van der Waals surface area contributed by atoms with Gasteiger partial charge in [0.1, 0.15) is 11.2 Å². The summed E-state index contributed by atoms with van der Waals surface area (Å²) in [4.78, 5) is 2.35. The van der Waals surface area contributed by atoms with Crippen LogP contribution in [-0.2, 0) is 5.41 Å². The normalized spacial score (nSPS) is 12.9. The van der Waals surface area contributed by atoms with Crippen LogP contribution in [0.1, 0.15) is 25.0 Å². The summed E-state index contributed by atoms with van der Waals surface area (Å²) in [6.07, 6.45) is 0. The minimum Gasteiger partial charge on any atom is -0.455 e. The van der Waals surface area contributed by atoms with Crippen LogP contribution >= 0.6 is 0 Å². The van der Waals surface area contributed by atoms with Gasteiger partial charge in [0, 0.05) is 27.6 Å². The third-order valence-corrected chi connectivity index (χ3v) is 12.1. The van der Waals surface area contributed by atoms with Crippen molar-refractivity contribution in [1.82, 2.24) is 0 Å². The number of hydrogen-bond donors (Lipinski definition) is 0. The van der Waals surface area contributed by atoms with Gasteiger partial charge in [-0.1, -0.05) is 172 Å². The van der Waals surface area contributed by atoms with Gasteiger partial charge in [0.05, 0.1) is 11.1 Å². The summed E-state index contributed by atoms with van der Waals surface area (Å²) in [5, 5.41) is 4.47. The van der Waals surface area contributed by atoms with Crippen LogP contribution in [0.5, 0.6) is 0 Å². The molecule has 10 aromatic rings. The predicted molar refractivity (Wildman–Crippen MR) is 240 cm³/mol. The van der Waals surface area contributed by atoms with E-state index in [0.29, 0.717) is 0 Å². The van der Waals surface area contributed by atoms with E-state index in [1.165, 1.54) is 61.0 Å². The van der Waals surface area contributed by atoms with Crippen molar-refractivity contribution < 1.29 is 4.42 Å². The van der Waals surface area contributed by atoms with E-state index < -0.39 is 0 Å². The van der Waals surface area contributed by atoms with Gasteiger partial charge in [-0.3, -0.25) is 0 Å². The predicted octanol–water partition coefficient (Wildman–Crippen LogP) is 15.5. The Balaban J connectivity index is 1.07. The molecule has 0 atom stereocenters. The van der Waals surface area contributed by atoms with Gasteiger partial charge < -0.3 is 9.32 Å². The third kappa shape index (κ3) is 5.25. The molecule has 270 valence electrons. The van der Waals surface area contributed by atoms with E-state index in [0.717, 1.165) is 44.4 Å². The standard InChI is InChI=1S/C55H39NO/c1-55(2)49-24-12-11-20-44(49)45-23-13-22-42(53(45)55)38-27-29-39(30-28-38)47-35-48-52-50(25-14-26-51(52)57-54(48)46-21-10-9-19-43(46)47)56(40-17-7-4-8-18-40)41-33-31-37(32-34-41)36-15-5-3-6-16-36/h3-35H,1-2H3. The molecule has 1 aliphatic rings. The van der Waals surface area contributed by atoms with Crippen LogP contribution in [0.25, 0.3) is 77.2 Å². The van der Waals surface area contributed by atoms with Gasteiger partial charge in [0.15, 0.2) is 0 Å². The van der Waals surface area contributed by atoms with Gasteiger partial charge in [-0.15, -0.1) is 0 Å². The van der Waals surface area contributed by atoms with Crippen LogP contribution in [0, 0.1) is 0 Å². The smallest absolute Gasteiger partial charge is 0.143 e. The van der Waals surface area contributed by atoms with E-state index >= 15 is 0 Å². The molecule has 0 unspecified atom stereocenters. The third-order valence-electron chi connectivity index (χ3n) is 12.1. The quantitative estimate of drug-likeness (QED) is 0.169. The van der Waals surface area contributed by atoms with Crippen molar-refractivity contribution in [2.45, 2.75) is 19.3 Å². The fraction of sp³-hybridized carbons (Fsp3) is 0.0545. The number of nitrogens with zero attached hydrogens (tertiary/aromatic N) is 1. The molecule has 2 nitrogen and oxygen atoms in total. The van der Waals surface area contributed by atoms with Crippen LogP contribution in [0.2, 0.25) is 0 Å². The van der Waals surface area contributed by atoms with Crippen molar-refractivity contribution in [3.05, 3.63) is 211 Å². The van der Waals surface area contributed by atoms with E-state index in [9.17, 15) is 0 Å². The van der Waals surface area contributed by atoms with Crippen LogP contribution in [0.15, 0.2) is 205 Å². The van der Waals surface area contributed by atoms with Crippen LogP contribution in [0.3, 0.4) is 0 Å². The Kier molecular flexibility index (Phi) is 7.55. The fourth-order valence-corrected chi connectivity index (χ4v) is 9.41. The summed E-state index contributed by atoms with van der Waals surface area (Å²) in [5.74, 6) is 0. The van der Waals surface area contributed by atoms with E-state index in [4.69, 9.17) is 4.42 Å². The zero-order chi connectivity index (χ0) is 38.1. The highest BCUT2D eigenvalue weighted by Crippen LogP contribution is 2.52. The van der Waals surface area contributed by atoms with Gasteiger partial charge in [0.25, 0.3) is 0 Å². The molecule has 0 bridgehead atoms. The van der Waals surface area contributed by atoms with E-state index in [1.54, 1.807) is 0 Å². The molecular weight excluding hydrogens is 691 g/mol. The zero-order valence-electron chi connectivity index (χ0n) is 31.9. The van der Waals surface area contributed by atoms with E-state index in [1.807, 2.05) is 0 Å². The Labute approximate surface area is 332 Å². The monoisotopic (exact) mass is 729 g/mol. The van der Waals surface area contributed by atoms with E-state index in [2.05, 4.69) is 219 Å². The fourth-order valence-electron chi connectivity index (χ4n) is 9.41. The number of hydrogen-bond acceptors (Lipinski definition) is 2. The van der Waals surface area contributed by atoms with Gasteiger partial charge in [-0.05, 0) is 103 Å². The second-order valence-corrected chi connectivity index (χ2v) is 15.7. The lowest BCUT2D eigenvalue weighted by Gasteiger charge is -2.26. The summed E-state index contributed by atoms with van der Waals surface area (Å²) in [5.41, 5.74) is 17.7. The Hall–Kier alpha value is -7.16. The molecule has 0 N–H and O–H groups in total. The number of rotatable bonds is 6. The zero-order valence-corrected chi connectivity index (χ0v) is 31.9. The van der Waals surface area contributed by atoms with Crippen molar-refractivity contribution >= 4 is 49.8 Å². The number of para-hydroxylation sites is 1.